The number of carbonyl (C=O) groups excluding carboxylic acids is 1. The Morgan fingerprint density at radius 2 is 2.27 bits per heavy atom. The summed E-state index contributed by atoms with van der Waals surface area (Å²) in [7, 11) is 3.17. The lowest BCUT2D eigenvalue weighted by Crippen LogP contribution is -2.21. The fraction of sp³-hybridized carbons (Fsp3) is 0.333. The van der Waals surface area contributed by atoms with Gasteiger partial charge in [0.05, 0.1) is 0 Å². The van der Waals surface area contributed by atoms with Crippen molar-refractivity contribution in [2.24, 2.45) is 0 Å². The first-order chi connectivity index (χ1) is 5.11. The smallest absolute Gasteiger partial charge is 0.316 e. The van der Waals surface area contributed by atoms with Crippen LogP contribution >= 0.6 is 0 Å². The van der Waals surface area contributed by atoms with E-state index in [1.807, 2.05) is 0 Å². The maximum absolute atomic E-state index is 11.0. The summed E-state index contributed by atoms with van der Waals surface area (Å²) >= 11 is 0. The second-order valence-corrected chi connectivity index (χ2v) is 2.16. The van der Waals surface area contributed by atoms with Gasteiger partial charge >= 0.3 is 11.8 Å². The minimum absolute atomic E-state index is 0.0322. The highest BCUT2D eigenvalue weighted by atomic mass is 16.5. The highest BCUT2D eigenvalue weighted by Crippen LogP contribution is 1.97. The largest absolute Gasteiger partial charge is 0.341 e. The summed E-state index contributed by atoms with van der Waals surface area (Å²) in [6, 6.07) is 0. The molecule has 2 radical (unpaired) electrons. The number of carbonyl (C=O) groups is 1. The molecule has 1 aromatic rings. The van der Waals surface area contributed by atoms with Gasteiger partial charge in [-0.05, 0) is 0 Å². The predicted molar refractivity (Wildman–Crippen MR) is 35.7 cm³/mol. The third-order valence-electron chi connectivity index (χ3n) is 1.03. The molecule has 58 valence electrons. The lowest BCUT2D eigenvalue weighted by molar-refractivity contribution is 0.0779. The van der Waals surface area contributed by atoms with Crippen LogP contribution in [0.3, 0.4) is 0 Å². The monoisotopic (exact) mass is 153 g/mol. The molecular formula is C6H7N3O2. The van der Waals surface area contributed by atoms with Crippen molar-refractivity contribution in [3.63, 3.8) is 0 Å². The molecule has 5 nitrogen and oxygen atoms in total. The van der Waals surface area contributed by atoms with E-state index in [0.717, 1.165) is 0 Å². The zero-order valence-corrected chi connectivity index (χ0v) is 6.24. The van der Waals surface area contributed by atoms with Crippen LogP contribution in [0.2, 0.25) is 0 Å². The Morgan fingerprint density at radius 3 is 2.64 bits per heavy atom. The van der Waals surface area contributed by atoms with Crippen molar-refractivity contribution in [1.82, 2.24) is 15.0 Å². The van der Waals surface area contributed by atoms with Gasteiger partial charge in [-0.15, -0.1) is 0 Å². The summed E-state index contributed by atoms with van der Waals surface area (Å²) in [5, 5.41) is 3.26. The number of rotatable bonds is 1. The molecule has 11 heavy (non-hydrogen) atoms. The Bertz CT molecular complexity index is 267. The van der Waals surface area contributed by atoms with Crippen LogP contribution in [0, 0.1) is 6.92 Å². The minimum atomic E-state index is -0.353. The molecule has 0 bridgehead atoms. The Hall–Kier alpha value is -1.39. The SMILES string of the molecule is [CH]c1noc(C(=O)N(C)C)n1. The van der Waals surface area contributed by atoms with Gasteiger partial charge in [-0.25, -0.2) is 0 Å². The Balaban J connectivity index is 2.85. The van der Waals surface area contributed by atoms with Gasteiger partial charge in [-0.1, -0.05) is 5.16 Å². The van der Waals surface area contributed by atoms with Gasteiger partial charge in [-0.2, -0.15) is 4.98 Å². The van der Waals surface area contributed by atoms with Crippen molar-refractivity contribution in [2.75, 3.05) is 14.1 Å². The van der Waals surface area contributed by atoms with E-state index in [0.29, 0.717) is 0 Å². The fourth-order valence-corrected chi connectivity index (χ4v) is 0.513. The first kappa shape index (κ1) is 7.71. The second kappa shape index (κ2) is 2.69. The number of amides is 1. The Morgan fingerprint density at radius 1 is 1.64 bits per heavy atom. The Kier molecular flexibility index (Phi) is 1.89. The summed E-state index contributed by atoms with van der Waals surface area (Å²) in [6.07, 6.45) is 0. The van der Waals surface area contributed by atoms with Crippen molar-refractivity contribution in [3.05, 3.63) is 18.6 Å². The van der Waals surface area contributed by atoms with Gasteiger partial charge < -0.3 is 9.42 Å². The summed E-state index contributed by atoms with van der Waals surface area (Å²) in [5.41, 5.74) is 0. The van der Waals surface area contributed by atoms with Gasteiger partial charge in [0.2, 0.25) is 0 Å². The number of nitrogens with zero attached hydrogens (tertiary/aromatic N) is 3. The van der Waals surface area contributed by atoms with Gasteiger partial charge in [0.25, 0.3) is 0 Å². The maximum Gasteiger partial charge on any atom is 0.316 e. The van der Waals surface area contributed by atoms with Gasteiger partial charge in [0, 0.05) is 21.0 Å². The molecule has 0 unspecified atom stereocenters. The van der Waals surface area contributed by atoms with E-state index >= 15 is 0 Å². The van der Waals surface area contributed by atoms with Gasteiger partial charge in [0.1, 0.15) is 0 Å². The molecule has 0 atom stereocenters. The van der Waals surface area contributed by atoms with Crippen LogP contribution in [0.25, 0.3) is 0 Å². The van der Waals surface area contributed by atoms with Crippen LogP contribution in [-0.2, 0) is 0 Å². The quantitative estimate of drug-likeness (QED) is 0.562. The molecule has 0 fully saturated rings. The average molecular weight is 153 g/mol. The maximum atomic E-state index is 11.0. The molecule has 0 aliphatic heterocycles. The lowest BCUT2D eigenvalue weighted by Gasteiger charge is -2.04. The van der Waals surface area contributed by atoms with Crippen LogP contribution in [0.5, 0.6) is 0 Å². The summed E-state index contributed by atoms with van der Waals surface area (Å²) in [5.74, 6) is -0.475. The Labute approximate surface area is 64.0 Å². The van der Waals surface area contributed by atoms with Crippen LogP contribution < -0.4 is 0 Å². The lowest BCUT2D eigenvalue weighted by atomic mass is 10.5. The van der Waals surface area contributed by atoms with Crippen molar-refractivity contribution >= 4 is 5.91 Å². The normalized spacial score (nSPS) is 9.73. The standard InChI is InChI=1S/C6H7N3O2/c1-4-7-5(11-8-4)6(10)9(2)3/h1H,2-3H3. The molecule has 0 N–H and O–H groups in total. The first-order valence-electron chi connectivity index (χ1n) is 2.92. The van der Waals surface area contributed by atoms with Crippen molar-refractivity contribution < 1.29 is 9.32 Å². The van der Waals surface area contributed by atoms with Gasteiger partial charge in [0.15, 0.2) is 5.82 Å². The molecule has 0 saturated carbocycles. The number of aromatic nitrogens is 2. The third kappa shape index (κ3) is 1.54. The highest BCUT2D eigenvalue weighted by Gasteiger charge is 2.14. The average Bonchev–Trinajstić information content (AvgIpc) is 2.34. The number of hydrogen-bond acceptors (Lipinski definition) is 4. The van der Waals surface area contributed by atoms with E-state index < -0.39 is 0 Å². The van der Waals surface area contributed by atoms with E-state index in [2.05, 4.69) is 14.7 Å². The second-order valence-electron chi connectivity index (χ2n) is 2.16. The van der Waals surface area contributed by atoms with Crippen LogP contribution in [-0.4, -0.2) is 35.0 Å². The molecule has 0 aliphatic rings. The number of hydrogen-bond donors (Lipinski definition) is 0. The van der Waals surface area contributed by atoms with Crippen LogP contribution in [0.15, 0.2) is 4.52 Å². The molecular weight excluding hydrogens is 146 g/mol. The molecule has 0 spiro atoms. The minimum Gasteiger partial charge on any atom is -0.341 e. The van der Waals surface area contributed by atoms with E-state index in [1.165, 1.54) is 4.90 Å². The van der Waals surface area contributed by atoms with Crippen LogP contribution in [0.4, 0.5) is 0 Å². The molecule has 1 aromatic heterocycles. The fourth-order valence-electron chi connectivity index (χ4n) is 0.513. The van der Waals surface area contributed by atoms with E-state index in [1.54, 1.807) is 14.1 Å². The molecule has 1 amide bonds. The van der Waals surface area contributed by atoms with Crippen LogP contribution in [0.1, 0.15) is 16.5 Å². The summed E-state index contributed by atoms with van der Waals surface area (Å²) < 4.78 is 4.51. The summed E-state index contributed by atoms with van der Waals surface area (Å²) in [4.78, 5) is 15.9. The molecule has 0 saturated heterocycles. The summed E-state index contributed by atoms with van der Waals surface area (Å²) in [6.45, 7) is 5.13. The van der Waals surface area contributed by atoms with Crippen molar-refractivity contribution in [2.45, 2.75) is 0 Å². The zero-order chi connectivity index (χ0) is 8.43. The molecule has 0 aliphatic carbocycles. The topological polar surface area (TPSA) is 59.2 Å². The van der Waals surface area contributed by atoms with Gasteiger partial charge in [-0.3, -0.25) is 4.79 Å². The van der Waals surface area contributed by atoms with E-state index in [9.17, 15) is 4.79 Å². The van der Waals surface area contributed by atoms with Crippen molar-refractivity contribution in [1.29, 1.82) is 0 Å². The van der Waals surface area contributed by atoms with Crippen molar-refractivity contribution in [3.8, 4) is 0 Å². The van der Waals surface area contributed by atoms with E-state index in [4.69, 9.17) is 6.92 Å². The molecule has 5 heteroatoms. The predicted octanol–water partition coefficient (Wildman–Crippen LogP) is -0.169. The first-order valence-corrected chi connectivity index (χ1v) is 2.92. The molecule has 1 rings (SSSR count). The third-order valence-corrected chi connectivity index (χ3v) is 1.03. The highest BCUT2D eigenvalue weighted by molar-refractivity contribution is 5.89. The molecule has 1 heterocycles. The molecule has 0 aromatic carbocycles. The zero-order valence-electron chi connectivity index (χ0n) is 6.24. The van der Waals surface area contributed by atoms with E-state index in [-0.39, 0.29) is 17.6 Å².